The van der Waals surface area contributed by atoms with E-state index in [4.69, 9.17) is 27.9 Å². The fourth-order valence-corrected chi connectivity index (χ4v) is 4.63. The summed E-state index contributed by atoms with van der Waals surface area (Å²) >= 11 is 12.3. The van der Waals surface area contributed by atoms with Gasteiger partial charge in [0.05, 0.1) is 23.9 Å². The standard InChI is InChI=1S/C22H23Cl2N3O3/c1-30-17-4-2-3-15(13-17)21(28)26-11-9-25(10-12-26)20-7-8-27(22(20)29)19-6-5-16(23)14-18(19)24/h2-6,13-14,20H,7-12H2,1H3. The predicted molar refractivity (Wildman–Crippen MR) is 118 cm³/mol. The molecule has 1 unspecified atom stereocenters. The van der Waals surface area contributed by atoms with Crippen LogP contribution in [0.25, 0.3) is 0 Å². The van der Waals surface area contributed by atoms with Gasteiger partial charge in [-0.2, -0.15) is 0 Å². The van der Waals surface area contributed by atoms with Crippen molar-refractivity contribution in [3.8, 4) is 5.75 Å². The molecule has 0 saturated carbocycles. The number of halogens is 2. The summed E-state index contributed by atoms with van der Waals surface area (Å²) < 4.78 is 5.21. The van der Waals surface area contributed by atoms with E-state index in [9.17, 15) is 9.59 Å². The summed E-state index contributed by atoms with van der Waals surface area (Å²) in [6.07, 6.45) is 0.738. The molecule has 2 amide bonds. The lowest BCUT2D eigenvalue weighted by atomic mass is 10.1. The molecule has 2 aliphatic rings. The molecule has 0 aromatic heterocycles. The second kappa shape index (κ2) is 8.84. The second-order valence-corrected chi connectivity index (χ2v) is 8.29. The van der Waals surface area contributed by atoms with E-state index in [-0.39, 0.29) is 17.9 Å². The Morgan fingerprint density at radius 3 is 2.50 bits per heavy atom. The number of carbonyl (C=O) groups is 2. The van der Waals surface area contributed by atoms with Gasteiger partial charge < -0.3 is 14.5 Å². The van der Waals surface area contributed by atoms with Crippen molar-refractivity contribution >= 4 is 40.7 Å². The molecule has 0 N–H and O–H groups in total. The van der Waals surface area contributed by atoms with Gasteiger partial charge in [0.25, 0.3) is 5.91 Å². The normalized spacial score (nSPS) is 20.0. The minimum atomic E-state index is -0.189. The second-order valence-electron chi connectivity index (χ2n) is 7.45. The number of hydrogen-bond acceptors (Lipinski definition) is 4. The largest absolute Gasteiger partial charge is 0.497 e. The molecule has 158 valence electrons. The monoisotopic (exact) mass is 447 g/mol. The molecule has 0 radical (unpaired) electrons. The van der Waals surface area contributed by atoms with Crippen LogP contribution in [0, 0.1) is 0 Å². The third kappa shape index (κ3) is 4.13. The Labute approximate surface area is 185 Å². The summed E-state index contributed by atoms with van der Waals surface area (Å²) in [5.74, 6) is 0.699. The highest BCUT2D eigenvalue weighted by atomic mass is 35.5. The molecular formula is C22H23Cl2N3O3. The number of nitrogens with zero attached hydrogens (tertiary/aromatic N) is 3. The number of carbonyl (C=O) groups excluding carboxylic acids is 2. The smallest absolute Gasteiger partial charge is 0.254 e. The van der Waals surface area contributed by atoms with Gasteiger partial charge in [0.15, 0.2) is 0 Å². The average molecular weight is 448 g/mol. The molecule has 1 atom stereocenters. The summed E-state index contributed by atoms with van der Waals surface area (Å²) in [4.78, 5) is 31.6. The van der Waals surface area contributed by atoms with Gasteiger partial charge in [-0.3, -0.25) is 14.5 Å². The average Bonchev–Trinajstić information content (AvgIpc) is 3.14. The maximum Gasteiger partial charge on any atom is 0.254 e. The van der Waals surface area contributed by atoms with E-state index in [1.54, 1.807) is 42.3 Å². The fourth-order valence-electron chi connectivity index (χ4n) is 4.12. The number of amides is 2. The van der Waals surface area contributed by atoms with E-state index in [2.05, 4.69) is 4.90 Å². The molecule has 6 nitrogen and oxygen atoms in total. The lowest BCUT2D eigenvalue weighted by Crippen LogP contribution is -2.53. The van der Waals surface area contributed by atoms with Crippen molar-refractivity contribution in [1.82, 2.24) is 9.80 Å². The molecule has 2 fully saturated rings. The first-order chi connectivity index (χ1) is 14.5. The molecular weight excluding hydrogens is 425 g/mol. The number of hydrogen-bond donors (Lipinski definition) is 0. The van der Waals surface area contributed by atoms with E-state index >= 15 is 0 Å². The van der Waals surface area contributed by atoms with Crippen LogP contribution in [-0.2, 0) is 4.79 Å². The van der Waals surface area contributed by atoms with Crippen LogP contribution < -0.4 is 9.64 Å². The van der Waals surface area contributed by atoms with Crippen molar-refractivity contribution in [2.24, 2.45) is 0 Å². The van der Waals surface area contributed by atoms with E-state index in [0.717, 1.165) is 6.42 Å². The zero-order chi connectivity index (χ0) is 21.3. The lowest BCUT2D eigenvalue weighted by molar-refractivity contribution is -0.122. The van der Waals surface area contributed by atoms with Crippen molar-refractivity contribution in [2.45, 2.75) is 12.5 Å². The highest BCUT2D eigenvalue weighted by Crippen LogP contribution is 2.33. The number of ether oxygens (including phenoxy) is 1. The summed E-state index contributed by atoms with van der Waals surface area (Å²) in [5.41, 5.74) is 1.31. The molecule has 2 saturated heterocycles. The molecule has 0 bridgehead atoms. The molecule has 8 heteroatoms. The Morgan fingerprint density at radius 1 is 1.03 bits per heavy atom. The zero-order valence-corrected chi connectivity index (χ0v) is 18.2. The van der Waals surface area contributed by atoms with E-state index in [0.29, 0.717) is 59.8 Å². The third-order valence-corrected chi connectivity index (χ3v) is 6.27. The Hall–Kier alpha value is -2.28. The summed E-state index contributed by atoms with van der Waals surface area (Å²) in [7, 11) is 1.58. The highest BCUT2D eigenvalue weighted by molar-refractivity contribution is 6.36. The van der Waals surface area contributed by atoms with Crippen LogP contribution in [0.1, 0.15) is 16.8 Å². The maximum absolute atomic E-state index is 13.0. The zero-order valence-electron chi connectivity index (χ0n) is 16.7. The number of piperazine rings is 1. The Morgan fingerprint density at radius 2 is 1.80 bits per heavy atom. The quantitative estimate of drug-likeness (QED) is 0.718. The van der Waals surface area contributed by atoms with Gasteiger partial charge >= 0.3 is 0 Å². The third-order valence-electron chi connectivity index (χ3n) is 5.74. The summed E-state index contributed by atoms with van der Waals surface area (Å²) in [6, 6.07) is 12.2. The maximum atomic E-state index is 13.0. The van der Waals surface area contributed by atoms with Crippen LogP contribution in [-0.4, -0.2) is 67.5 Å². The highest BCUT2D eigenvalue weighted by Gasteiger charge is 2.38. The molecule has 2 heterocycles. The van der Waals surface area contributed by atoms with Crippen LogP contribution in [0.4, 0.5) is 5.69 Å². The molecule has 4 rings (SSSR count). The lowest BCUT2D eigenvalue weighted by Gasteiger charge is -2.37. The molecule has 30 heavy (non-hydrogen) atoms. The minimum absolute atomic E-state index is 0.0131. The number of benzene rings is 2. The van der Waals surface area contributed by atoms with Gasteiger partial charge in [-0.1, -0.05) is 29.3 Å². The van der Waals surface area contributed by atoms with Gasteiger partial charge in [0.1, 0.15) is 5.75 Å². The van der Waals surface area contributed by atoms with Crippen molar-refractivity contribution in [2.75, 3.05) is 44.7 Å². The predicted octanol–water partition coefficient (Wildman–Crippen LogP) is 3.57. The van der Waals surface area contributed by atoms with Gasteiger partial charge in [-0.05, 0) is 42.8 Å². The Bertz CT molecular complexity index is 960. The number of rotatable bonds is 4. The fraction of sp³-hybridized carbons (Fsp3) is 0.364. The van der Waals surface area contributed by atoms with Gasteiger partial charge in [0.2, 0.25) is 5.91 Å². The number of methoxy groups -OCH3 is 1. The van der Waals surface area contributed by atoms with Crippen molar-refractivity contribution < 1.29 is 14.3 Å². The van der Waals surface area contributed by atoms with Crippen LogP contribution in [0.2, 0.25) is 10.0 Å². The molecule has 2 aliphatic heterocycles. The summed E-state index contributed by atoms with van der Waals surface area (Å²) in [5, 5.41) is 1.02. The Kier molecular flexibility index (Phi) is 6.18. The van der Waals surface area contributed by atoms with Crippen molar-refractivity contribution in [1.29, 1.82) is 0 Å². The first-order valence-corrected chi connectivity index (χ1v) is 10.7. The van der Waals surface area contributed by atoms with E-state index in [1.165, 1.54) is 0 Å². The van der Waals surface area contributed by atoms with Gasteiger partial charge in [-0.15, -0.1) is 0 Å². The van der Waals surface area contributed by atoms with E-state index < -0.39 is 0 Å². The molecule has 0 spiro atoms. The van der Waals surface area contributed by atoms with Gasteiger partial charge in [0, 0.05) is 43.3 Å². The van der Waals surface area contributed by atoms with Crippen molar-refractivity contribution in [3.63, 3.8) is 0 Å². The number of anilines is 1. The first kappa shape index (κ1) is 21.0. The van der Waals surface area contributed by atoms with E-state index in [1.807, 2.05) is 17.0 Å². The molecule has 2 aromatic carbocycles. The first-order valence-electron chi connectivity index (χ1n) is 9.92. The van der Waals surface area contributed by atoms with Gasteiger partial charge in [-0.25, -0.2) is 0 Å². The Balaban J connectivity index is 1.38. The molecule has 0 aliphatic carbocycles. The van der Waals surface area contributed by atoms with Crippen molar-refractivity contribution in [3.05, 3.63) is 58.1 Å². The molecule has 2 aromatic rings. The van der Waals surface area contributed by atoms with Crippen LogP contribution in [0.3, 0.4) is 0 Å². The van der Waals surface area contributed by atoms with Crippen LogP contribution >= 0.6 is 23.2 Å². The topological polar surface area (TPSA) is 53.1 Å². The SMILES string of the molecule is COc1cccc(C(=O)N2CCN(C3CCN(c4ccc(Cl)cc4Cl)C3=O)CC2)c1. The minimum Gasteiger partial charge on any atom is -0.497 e. The van der Waals surface area contributed by atoms with Crippen LogP contribution in [0.5, 0.6) is 5.75 Å². The summed E-state index contributed by atoms with van der Waals surface area (Å²) in [6.45, 7) is 3.11. The van der Waals surface area contributed by atoms with Crippen LogP contribution in [0.15, 0.2) is 42.5 Å².